The van der Waals surface area contributed by atoms with Crippen molar-refractivity contribution in [3.05, 3.63) is 34.3 Å². The van der Waals surface area contributed by atoms with Crippen molar-refractivity contribution in [3.63, 3.8) is 0 Å². The van der Waals surface area contributed by atoms with E-state index in [4.69, 9.17) is 0 Å². The number of halogens is 1. The molecule has 1 aromatic rings. The van der Waals surface area contributed by atoms with Crippen molar-refractivity contribution in [2.45, 2.75) is 26.3 Å². The molecule has 0 bridgehead atoms. The van der Waals surface area contributed by atoms with E-state index in [2.05, 4.69) is 33.4 Å². The van der Waals surface area contributed by atoms with Crippen molar-refractivity contribution in [2.75, 3.05) is 0 Å². The number of hydrogen-bond donors (Lipinski definition) is 1. The summed E-state index contributed by atoms with van der Waals surface area (Å²) in [4.78, 5) is 11.6. The molecule has 1 unspecified atom stereocenters. The van der Waals surface area contributed by atoms with E-state index in [1.807, 2.05) is 26.0 Å². The van der Waals surface area contributed by atoms with E-state index in [1.165, 1.54) is 5.56 Å². The van der Waals surface area contributed by atoms with Gasteiger partial charge in [0.05, 0.1) is 6.04 Å². The molecule has 15 heavy (non-hydrogen) atoms. The van der Waals surface area contributed by atoms with Crippen molar-refractivity contribution >= 4 is 21.8 Å². The summed E-state index contributed by atoms with van der Waals surface area (Å²) in [7, 11) is 0. The topological polar surface area (TPSA) is 29.1 Å². The second-order valence-corrected chi connectivity index (χ2v) is 5.58. The Kier molecular flexibility index (Phi) is 2.59. The van der Waals surface area contributed by atoms with Crippen LogP contribution in [0.2, 0.25) is 0 Å². The lowest BCUT2D eigenvalue weighted by Crippen LogP contribution is -2.25. The van der Waals surface area contributed by atoms with Gasteiger partial charge >= 0.3 is 0 Å². The van der Waals surface area contributed by atoms with Gasteiger partial charge in [-0.25, -0.2) is 0 Å². The van der Waals surface area contributed by atoms with Crippen LogP contribution in [-0.4, -0.2) is 5.91 Å². The Morgan fingerprint density at radius 3 is 2.40 bits per heavy atom. The number of nitrogens with one attached hydrogen (secondary N) is 1. The molecule has 1 aromatic carbocycles. The molecule has 1 atom stereocenters. The van der Waals surface area contributed by atoms with Gasteiger partial charge < -0.3 is 5.32 Å². The summed E-state index contributed by atoms with van der Waals surface area (Å²) in [6.45, 7) is 3.97. The van der Waals surface area contributed by atoms with Gasteiger partial charge in [-0.15, -0.1) is 0 Å². The fraction of sp³-hybridized carbons (Fsp3) is 0.417. The molecule has 3 heteroatoms. The van der Waals surface area contributed by atoms with Crippen LogP contribution in [0.1, 0.15) is 31.9 Å². The molecule has 0 aliphatic carbocycles. The first-order valence-corrected chi connectivity index (χ1v) is 5.85. The van der Waals surface area contributed by atoms with Crippen LogP contribution >= 0.6 is 15.9 Å². The molecule has 0 saturated carbocycles. The fourth-order valence-corrected chi connectivity index (χ4v) is 2.17. The Morgan fingerprint density at radius 2 is 1.93 bits per heavy atom. The lowest BCUT2D eigenvalue weighted by Gasteiger charge is -2.13. The monoisotopic (exact) mass is 267 g/mol. The Hall–Kier alpha value is -0.830. The van der Waals surface area contributed by atoms with E-state index in [1.54, 1.807) is 0 Å². The molecular weight excluding hydrogens is 254 g/mol. The zero-order chi connectivity index (χ0) is 11.1. The Balaban J connectivity index is 2.21. The molecule has 1 saturated heterocycles. The number of benzene rings is 1. The molecule has 80 valence electrons. The largest absolute Gasteiger partial charge is 0.349 e. The lowest BCUT2D eigenvalue weighted by atomic mass is 9.88. The van der Waals surface area contributed by atoms with Gasteiger partial charge in [0.15, 0.2) is 0 Å². The summed E-state index contributed by atoms with van der Waals surface area (Å²) in [5.41, 5.74) is 0.940. The van der Waals surface area contributed by atoms with Crippen LogP contribution in [-0.2, 0) is 4.79 Å². The standard InChI is InChI=1S/C12H14BrNO/c1-12(2)7-10(14-11(12)15)8-3-5-9(13)6-4-8/h3-6,10H,7H2,1-2H3,(H,14,15). The maximum atomic E-state index is 11.6. The highest BCUT2D eigenvalue weighted by molar-refractivity contribution is 9.10. The van der Waals surface area contributed by atoms with Gasteiger partial charge in [0.1, 0.15) is 0 Å². The second-order valence-electron chi connectivity index (χ2n) is 4.67. The maximum Gasteiger partial charge on any atom is 0.226 e. The first-order chi connectivity index (χ1) is 6.99. The van der Waals surface area contributed by atoms with E-state index in [-0.39, 0.29) is 17.4 Å². The molecule has 0 spiro atoms. The van der Waals surface area contributed by atoms with Crippen molar-refractivity contribution in [3.8, 4) is 0 Å². The summed E-state index contributed by atoms with van der Waals surface area (Å²) in [5.74, 6) is 0.149. The minimum absolute atomic E-state index is 0.149. The zero-order valence-corrected chi connectivity index (χ0v) is 10.5. The normalized spacial score (nSPS) is 23.9. The molecular formula is C12H14BrNO. The third-order valence-corrected chi connectivity index (χ3v) is 3.44. The first kappa shape index (κ1) is 10.7. The molecule has 0 aromatic heterocycles. The third-order valence-electron chi connectivity index (χ3n) is 2.91. The number of hydrogen-bond acceptors (Lipinski definition) is 1. The van der Waals surface area contributed by atoms with Gasteiger partial charge in [0.2, 0.25) is 5.91 Å². The fourth-order valence-electron chi connectivity index (χ4n) is 1.90. The van der Waals surface area contributed by atoms with E-state index >= 15 is 0 Å². The average molecular weight is 268 g/mol. The van der Waals surface area contributed by atoms with Crippen molar-refractivity contribution in [2.24, 2.45) is 5.41 Å². The molecule has 2 nitrogen and oxygen atoms in total. The van der Waals surface area contributed by atoms with Crippen LogP contribution in [0.25, 0.3) is 0 Å². The smallest absolute Gasteiger partial charge is 0.226 e. The second kappa shape index (κ2) is 3.63. The van der Waals surface area contributed by atoms with Crippen molar-refractivity contribution in [1.82, 2.24) is 5.32 Å². The SMILES string of the molecule is CC1(C)CC(c2ccc(Br)cc2)NC1=O. The predicted octanol–water partition coefficient (Wildman–Crippen LogP) is 3.04. The minimum Gasteiger partial charge on any atom is -0.349 e. The average Bonchev–Trinajstić information content (AvgIpc) is 2.42. The quantitative estimate of drug-likeness (QED) is 0.833. The molecule has 2 rings (SSSR count). The molecule has 1 aliphatic heterocycles. The van der Waals surface area contributed by atoms with Gasteiger partial charge in [-0.1, -0.05) is 41.9 Å². The van der Waals surface area contributed by atoms with Gasteiger partial charge in [-0.05, 0) is 24.1 Å². The van der Waals surface area contributed by atoms with Crippen LogP contribution in [0, 0.1) is 5.41 Å². The van der Waals surface area contributed by atoms with E-state index < -0.39 is 0 Å². The highest BCUT2D eigenvalue weighted by atomic mass is 79.9. The number of rotatable bonds is 1. The maximum absolute atomic E-state index is 11.6. The summed E-state index contributed by atoms with van der Waals surface area (Å²) in [6.07, 6.45) is 0.869. The predicted molar refractivity (Wildman–Crippen MR) is 63.4 cm³/mol. The Labute approximate surface area is 98.2 Å². The highest BCUT2D eigenvalue weighted by Crippen LogP contribution is 2.36. The Morgan fingerprint density at radius 1 is 1.33 bits per heavy atom. The molecule has 1 amide bonds. The first-order valence-electron chi connectivity index (χ1n) is 5.05. The van der Waals surface area contributed by atoms with Crippen molar-refractivity contribution < 1.29 is 4.79 Å². The van der Waals surface area contributed by atoms with Crippen LogP contribution < -0.4 is 5.32 Å². The lowest BCUT2D eigenvalue weighted by molar-refractivity contribution is -0.126. The van der Waals surface area contributed by atoms with Gasteiger partial charge in [0, 0.05) is 9.89 Å². The van der Waals surface area contributed by atoms with E-state index in [0.29, 0.717) is 0 Å². The number of carbonyl (C=O) groups excluding carboxylic acids is 1. The van der Waals surface area contributed by atoms with Crippen LogP contribution in [0.4, 0.5) is 0 Å². The minimum atomic E-state index is -0.238. The molecule has 0 radical (unpaired) electrons. The summed E-state index contributed by atoms with van der Waals surface area (Å²) < 4.78 is 1.06. The highest BCUT2D eigenvalue weighted by Gasteiger charge is 2.39. The van der Waals surface area contributed by atoms with Crippen LogP contribution in [0.15, 0.2) is 28.7 Å². The van der Waals surface area contributed by atoms with Crippen LogP contribution in [0.3, 0.4) is 0 Å². The van der Waals surface area contributed by atoms with E-state index in [9.17, 15) is 4.79 Å². The van der Waals surface area contributed by atoms with Gasteiger partial charge in [-0.2, -0.15) is 0 Å². The van der Waals surface area contributed by atoms with E-state index in [0.717, 1.165) is 10.9 Å². The van der Waals surface area contributed by atoms with Crippen LogP contribution in [0.5, 0.6) is 0 Å². The number of amides is 1. The molecule has 1 fully saturated rings. The molecule has 1 aliphatic rings. The number of carbonyl (C=O) groups is 1. The van der Waals surface area contributed by atoms with Crippen molar-refractivity contribution in [1.29, 1.82) is 0 Å². The zero-order valence-electron chi connectivity index (χ0n) is 8.88. The van der Waals surface area contributed by atoms with Gasteiger partial charge in [-0.3, -0.25) is 4.79 Å². The van der Waals surface area contributed by atoms with Gasteiger partial charge in [0.25, 0.3) is 0 Å². The molecule has 1 N–H and O–H groups in total. The third kappa shape index (κ3) is 2.07. The summed E-state index contributed by atoms with van der Waals surface area (Å²) >= 11 is 3.40. The molecule has 1 heterocycles. The Bertz CT molecular complexity index is 383. The summed E-state index contributed by atoms with van der Waals surface area (Å²) in [5, 5.41) is 3.03. The summed E-state index contributed by atoms with van der Waals surface area (Å²) in [6, 6.07) is 8.28.